The topological polar surface area (TPSA) is 99.1 Å². The molecule has 4 aliphatic heterocycles. The number of rotatable bonds is 0. The van der Waals surface area contributed by atoms with Crippen molar-refractivity contribution in [1.29, 1.82) is 0 Å². The molecule has 0 aromatic heterocycles. The minimum atomic E-state index is -0.946. The summed E-state index contributed by atoms with van der Waals surface area (Å²) in [7, 11) is 0. The van der Waals surface area contributed by atoms with E-state index >= 15 is 0 Å². The fraction of sp³-hybridized carbons (Fsp3) is 0.839. The van der Waals surface area contributed by atoms with E-state index in [9.17, 15) is 19.5 Å². The summed E-state index contributed by atoms with van der Waals surface area (Å²) < 4.78 is 19.8. The van der Waals surface area contributed by atoms with Crippen molar-refractivity contribution in [2.45, 2.75) is 96.1 Å². The molecule has 8 rings (SSSR count). The Labute approximate surface area is 224 Å². The Hall–Kier alpha value is -1.57. The molecule has 0 radical (unpaired) electrons. The number of esters is 1. The number of aliphatic hydroxyl groups is 1. The average Bonchev–Trinajstić information content (AvgIpc) is 3.45. The Kier molecular flexibility index (Phi) is 4.47. The predicted octanol–water partition coefficient (Wildman–Crippen LogP) is 3.41. The first kappa shape index (κ1) is 24.2. The van der Waals surface area contributed by atoms with Gasteiger partial charge in [-0.15, -0.1) is 0 Å². The minimum absolute atomic E-state index is 0.00398. The maximum atomic E-state index is 14.6. The van der Waals surface area contributed by atoms with Gasteiger partial charge in [-0.2, -0.15) is 0 Å². The molecule has 0 amide bonds. The lowest BCUT2D eigenvalue weighted by atomic mass is 9.30. The number of allylic oxidation sites excluding steroid dienone is 2. The second kappa shape index (κ2) is 7.01. The molecule has 4 heterocycles. The molecule has 1 N–H and O–H groups in total. The van der Waals surface area contributed by atoms with Gasteiger partial charge in [0, 0.05) is 39.9 Å². The molecule has 0 aromatic carbocycles. The van der Waals surface area contributed by atoms with Crippen LogP contribution in [0.25, 0.3) is 0 Å². The lowest BCUT2D eigenvalue weighted by molar-refractivity contribution is -0.313. The second-order valence-corrected chi connectivity index (χ2v) is 14.9. The molecule has 4 bridgehead atoms. The van der Waals surface area contributed by atoms with Crippen LogP contribution in [0.1, 0.15) is 72.6 Å². The van der Waals surface area contributed by atoms with Gasteiger partial charge in [0.2, 0.25) is 0 Å². The molecular formula is C31H40O7. The van der Waals surface area contributed by atoms with Gasteiger partial charge in [-0.05, 0) is 63.4 Å². The SMILES string of the molecule is CC1=CC(=O)[C@H]2[C@@H](C1)[C@@]13CO[C@]4(C5C[C@H]6C[C@H](C)C[C@]5(CC[C@@]4(C)[C@]4(COC(=O)C4)C1C(=O)[C@@H]2C)O6)[C@@H]3O. The Morgan fingerprint density at radius 1 is 1.08 bits per heavy atom. The fourth-order valence-corrected chi connectivity index (χ4v) is 12.4. The van der Waals surface area contributed by atoms with Crippen molar-refractivity contribution < 1.29 is 33.7 Å². The molecule has 4 spiro atoms. The van der Waals surface area contributed by atoms with E-state index in [1.54, 1.807) is 6.08 Å². The quantitative estimate of drug-likeness (QED) is 0.485. The van der Waals surface area contributed by atoms with Gasteiger partial charge < -0.3 is 19.3 Å². The van der Waals surface area contributed by atoms with Crippen molar-refractivity contribution in [1.82, 2.24) is 0 Å². The maximum absolute atomic E-state index is 14.6. The molecule has 2 unspecified atom stereocenters. The molecule has 4 aliphatic carbocycles. The number of Topliss-reactive ketones (excluding diaryl/α,β-unsaturated/α-hetero) is 1. The third-order valence-electron chi connectivity index (χ3n) is 13.6. The Bertz CT molecular complexity index is 1210. The largest absolute Gasteiger partial charge is 0.465 e. The van der Waals surface area contributed by atoms with Crippen molar-refractivity contribution in [2.24, 2.45) is 51.8 Å². The molecule has 4 saturated heterocycles. The molecule has 38 heavy (non-hydrogen) atoms. The zero-order valence-electron chi connectivity index (χ0n) is 23.0. The molecule has 13 atom stereocenters. The van der Waals surface area contributed by atoms with Crippen LogP contribution >= 0.6 is 0 Å². The van der Waals surface area contributed by atoms with Crippen LogP contribution in [0.4, 0.5) is 0 Å². The highest BCUT2D eigenvalue weighted by Gasteiger charge is 2.89. The van der Waals surface area contributed by atoms with E-state index < -0.39 is 45.7 Å². The lowest BCUT2D eigenvalue weighted by Crippen LogP contribution is -2.81. The van der Waals surface area contributed by atoms with Crippen molar-refractivity contribution in [3.8, 4) is 0 Å². The fourth-order valence-electron chi connectivity index (χ4n) is 12.4. The molecule has 3 saturated carbocycles. The molecule has 8 aliphatic rings. The lowest BCUT2D eigenvalue weighted by Gasteiger charge is -2.72. The molecule has 7 nitrogen and oxygen atoms in total. The van der Waals surface area contributed by atoms with Gasteiger partial charge in [-0.1, -0.05) is 26.3 Å². The Morgan fingerprint density at radius 3 is 2.61 bits per heavy atom. The predicted molar refractivity (Wildman–Crippen MR) is 135 cm³/mol. The maximum Gasteiger partial charge on any atom is 0.306 e. The number of fused-ring (bicyclic) bond motifs is 4. The number of aliphatic hydroxyl groups excluding tert-OH is 1. The van der Waals surface area contributed by atoms with Gasteiger partial charge in [0.05, 0.1) is 37.4 Å². The summed E-state index contributed by atoms with van der Waals surface area (Å²) in [5, 5.41) is 12.9. The summed E-state index contributed by atoms with van der Waals surface area (Å²) in [5.74, 6) is -1.45. The van der Waals surface area contributed by atoms with Crippen LogP contribution in [0.3, 0.4) is 0 Å². The first-order valence-corrected chi connectivity index (χ1v) is 14.9. The smallest absolute Gasteiger partial charge is 0.306 e. The van der Waals surface area contributed by atoms with Crippen molar-refractivity contribution >= 4 is 17.5 Å². The molecule has 206 valence electrons. The van der Waals surface area contributed by atoms with Crippen LogP contribution in [0, 0.1) is 51.8 Å². The van der Waals surface area contributed by atoms with E-state index in [2.05, 4.69) is 13.8 Å². The zero-order valence-corrected chi connectivity index (χ0v) is 23.0. The van der Waals surface area contributed by atoms with Crippen LogP contribution in [0.15, 0.2) is 11.6 Å². The average molecular weight is 525 g/mol. The standard InChI is InChI=1S/C31H40O7/c1-15-8-19-23(20(32)9-15)17(3)24(34)25-28(12-22(33)36-13-28)27(4)5-6-29-11-16(2)7-18(38-29)10-21(29)31(27)26(35)30(19,25)14-37-31/h9,16-19,21,23,25-26,35H,5-8,10-14H2,1-4H3/t16-,17+,18+,19+,21?,23+,25?,26+,27-,28+,29-,30-,31+/m0/s1. The van der Waals surface area contributed by atoms with E-state index in [4.69, 9.17) is 14.2 Å². The summed E-state index contributed by atoms with van der Waals surface area (Å²) in [6, 6.07) is 0. The summed E-state index contributed by atoms with van der Waals surface area (Å²) in [6.07, 6.45) is 6.13. The van der Waals surface area contributed by atoms with Crippen LogP contribution in [0.5, 0.6) is 0 Å². The van der Waals surface area contributed by atoms with Crippen LogP contribution in [-0.4, -0.2) is 59.3 Å². The summed E-state index contributed by atoms with van der Waals surface area (Å²) >= 11 is 0. The van der Waals surface area contributed by atoms with Crippen LogP contribution in [-0.2, 0) is 28.6 Å². The third kappa shape index (κ3) is 2.30. The number of carbonyl (C=O) groups excluding carboxylic acids is 3. The van der Waals surface area contributed by atoms with Crippen molar-refractivity contribution in [2.75, 3.05) is 13.2 Å². The summed E-state index contributed by atoms with van der Waals surface area (Å²) in [6.45, 7) is 8.79. The van der Waals surface area contributed by atoms with Gasteiger partial charge in [0.1, 0.15) is 11.4 Å². The number of ketones is 2. The zero-order chi connectivity index (χ0) is 26.6. The second-order valence-electron chi connectivity index (χ2n) is 14.9. The van der Waals surface area contributed by atoms with Crippen molar-refractivity contribution in [3.63, 3.8) is 0 Å². The highest BCUT2D eigenvalue weighted by molar-refractivity contribution is 6.00. The highest BCUT2D eigenvalue weighted by atomic mass is 16.6. The van der Waals surface area contributed by atoms with E-state index in [0.717, 1.165) is 37.7 Å². The normalized spacial score (nSPS) is 60.1. The number of cyclic esters (lactones) is 1. The summed E-state index contributed by atoms with van der Waals surface area (Å²) in [4.78, 5) is 41.1. The van der Waals surface area contributed by atoms with Gasteiger partial charge in [0.15, 0.2) is 5.78 Å². The molecular weight excluding hydrogens is 484 g/mol. The van der Waals surface area contributed by atoms with Gasteiger partial charge >= 0.3 is 5.97 Å². The van der Waals surface area contributed by atoms with Gasteiger partial charge in [0.25, 0.3) is 0 Å². The monoisotopic (exact) mass is 524 g/mol. The molecule has 7 heteroatoms. The highest BCUT2D eigenvalue weighted by Crippen LogP contribution is 2.81. The van der Waals surface area contributed by atoms with E-state index in [-0.39, 0.29) is 60.7 Å². The van der Waals surface area contributed by atoms with Crippen LogP contribution in [0.2, 0.25) is 0 Å². The molecule has 0 aromatic rings. The van der Waals surface area contributed by atoms with E-state index in [0.29, 0.717) is 12.3 Å². The Balaban J connectivity index is 1.40. The van der Waals surface area contributed by atoms with Crippen LogP contribution < -0.4 is 0 Å². The van der Waals surface area contributed by atoms with Gasteiger partial charge in [-0.25, -0.2) is 0 Å². The number of hydrogen-bond donors (Lipinski definition) is 1. The van der Waals surface area contributed by atoms with E-state index in [1.165, 1.54) is 0 Å². The number of hydrogen-bond acceptors (Lipinski definition) is 7. The van der Waals surface area contributed by atoms with E-state index in [1.807, 2.05) is 13.8 Å². The minimum Gasteiger partial charge on any atom is -0.465 e. The number of ether oxygens (including phenoxy) is 3. The van der Waals surface area contributed by atoms with Crippen molar-refractivity contribution in [3.05, 3.63) is 11.6 Å². The first-order valence-electron chi connectivity index (χ1n) is 14.9. The number of carbonyl (C=O) groups is 3. The Morgan fingerprint density at radius 2 is 1.87 bits per heavy atom. The summed E-state index contributed by atoms with van der Waals surface area (Å²) in [5.41, 5.74) is -2.63. The van der Waals surface area contributed by atoms with Gasteiger partial charge in [-0.3, -0.25) is 14.4 Å². The molecule has 7 fully saturated rings. The third-order valence-corrected chi connectivity index (χ3v) is 13.6. The first-order chi connectivity index (χ1) is 18.0.